The second-order valence-electron chi connectivity index (χ2n) is 10.9. The Balaban J connectivity index is 1.28. The van der Waals surface area contributed by atoms with Crippen molar-refractivity contribution in [2.45, 2.75) is 19.4 Å². The maximum absolute atomic E-state index is 11.5. The van der Waals surface area contributed by atoms with Gasteiger partial charge in [-0.2, -0.15) is 0 Å². The summed E-state index contributed by atoms with van der Waals surface area (Å²) < 4.78 is 6.18. The molecular formula is C30H38Cl2N8O3. The third-order valence-corrected chi connectivity index (χ3v) is 8.26. The van der Waals surface area contributed by atoms with Crippen LogP contribution in [0.1, 0.15) is 18.4 Å². The van der Waals surface area contributed by atoms with E-state index < -0.39 is 0 Å². The Bertz CT molecular complexity index is 1340. The zero-order chi connectivity index (χ0) is 30.2. The first-order valence-electron chi connectivity index (χ1n) is 14.6. The van der Waals surface area contributed by atoms with Crippen molar-refractivity contribution in [1.29, 1.82) is 0 Å². The van der Waals surface area contributed by atoms with Crippen molar-refractivity contribution >= 4 is 35.2 Å². The second-order valence-corrected chi connectivity index (χ2v) is 11.8. The number of β-amino-alcohol motifs (C(OH)–C–C–N with tert-alkyl or cyclic N) is 1. The van der Waals surface area contributed by atoms with Crippen molar-refractivity contribution in [3.05, 3.63) is 58.3 Å². The largest absolute Gasteiger partial charge is 0.436 e. The number of urea groups is 1. The number of rotatable bonds is 10. The number of aromatic nitrogens is 3. The number of hydrogen-bond donors (Lipinski definition) is 3. The number of likely N-dealkylation sites (tertiary alicyclic amines) is 1. The van der Waals surface area contributed by atoms with E-state index in [1.807, 2.05) is 24.3 Å². The topological polar surface area (TPSA) is 119 Å². The molecule has 0 radical (unpaired) electrons. The standard InChI is InChI=1S/C30H38Cl2N8O3/c1-33-30(42)36-17-21-2-4-39(5-3-21)20-22-12-27(23-14-24(31)16-25(32)15-23)37-28(13-22)43-26-18-34-29(35-19-26)40-8-6-38(7-9-40)10-11-41/h12-16,18-19,21,41H,2-11,17,20H2,1H3,(H2,33,36,42). The van der Waals surface area contributed by atoms with Crippen molar-refractivity contribution in [3.8, 4) is 22.9 Å². The van der Waals surface area contributed by atoms with E-state index >= 15 is 0 Å². The fourth-order valence-corrected chi connectivity index (χ4v) is 5.97. The van der Waals surface area contributed by atoms with Crippen molar-refractivity contribution in [2.75, 3.05) is 70.9 Å². The first kappa shape index (κ1) is 31.2. The van der Waals surface area contributed by atoms with E-state index in [1.165, 1.54) is 0 Å². The number of aliphatic hydroxyl groups excluding tert-OH is 1. The maximum Gasteiger partial charge on any atom is 0.314 e. The van der Waals surface area contributed by atoms with E-state index in [2.05, 4.69) is 35.3 Å². The highest BCUT2D eigenvalue weighted by molar-refractivity contribution is 6.35. The van der Waals surface area contributed by atoms with E-state index in [-0.39, 0.29) is 12.6 Å². The van der Waals surface area contributed by atoms with Crippen molar-refractivity contribution in [2.24, 2.45) is 5.92 Å². The number of amides is 2. The van der Waals surface area contributed by atoms with Crippen LogP contribution in [0.4, 0.5) is 10.7 Å². The zero-order valence-electron chi connectivity index (χ0n) is 24.3. The molecule has 0 spiro atoms. The molecule has 2 aliphatic rings. The first-order valence-corrected chi connectivity index (χ1v) is 15.4. The summed E-state index contributed by atoms with van der Waals surface area (Å²) in [6, 6.07) is 9.23. The van der Waals surface area contributed by atoms with E-state index in [0.717, 1.165) is 69.8 Å². The SMILES string of the molecule is CNC(=O)NCC1CCN(Cc2cc(Oc3cnc(N4CCN(CCO)CC4)nc3)nc(-c3cc(Cl)cc(Cl)c3)c2)CC1. The molecule has 13 heteroatoms. The molecule has 43 heavy (non-hydrogen) atoms. The lowest BCUT2D eigenvalue weighted by Crippen LogP contribution is -2.47. The van der Waals surface area contributed by atoms with Crippen LogP contribution in [-0.2, 0) is 6.54 Å². The molecule has 2 saturated heterocycles. The third kappa shape index (κ3) is 8.90. The fraction of sp³-hybridized carbons (Fsp3) is 0.467. The molecular weight excluding hydrogens is 591 g/mol. The number of anilines is 1. The average Bonchev–Trinajstić information content (AvgIpc) is 3.01. The number of halogens is 2. The lowest BCUT2D eigenvalue weighted by atomic mass is 9.96. The van der Waals surface area contributed by atoms with Crippen LogP contribution in [0, 0.1) is 5.92 Å². The Morgan fingerprint density at radius 2 is 1.67 bits per heavy atom. The highest BCUT2D eigenvalue weighted by atomic mass is 35.5. The van der Waals surface area contributed by atoms with Gasteiger partial charge < -0.3 is 25.4 Å². The Labute approximate surface area is 262 Å². The number of piperazine rings is 1. The van der Waals surface area contributed by atoms with Crippen LogP contribution in [0.25, 0.3) is 11.3 Å². The minimum Gasteiger partial charge on any atom is -0.436 e. The normalized spacial score (nSPS) is 16.7. The van der Waals surface area contributed by atoms with Crippen molar-refractivity contribution < 1.29 is 14.6 Å². The van der Waals surface area contributed by atoms with Gasteiger partial charge in [-0.3, -0.25) is 9.80 Å². The molecule has 11 nitrogen and oxygen atoms in total. The number of pyridine rings is 1. The number of carbonyl (C=O) groups is 1. The summed E-state index contributed by atoms with van der Waals surface area (Å²) in [6.45, 7) is 7.45. The Hall–Kier alpha value is -3.22. The molecule has 2 aliphatic heterocycles. The minimum absolute atomic E-state index is 0.141. The van der Waals surface area contributed by atoms with Gasteiger partial charge in [0.1, 0.15) is 0 Å². The smallest absolute Gasteiger partial charge is 0.314 e. The van der Waals surface area contributed by atoms with Gasteiger partial charge in [-0.05, 0) is 61.7 Å². The molecule has 0 saturated carbocycles. The summed E-state index contributed by atoms with van der Waals surface area (Å²) in [5.41, 5.74) is 2.56. The van der Waals surface area contributed by atoms with Gasteiger partial charge >= 0.3 is 6.03 Å². The molecule has 2 aromatic heterocycles. The average molecular weight is 630 g/mol. The van der Waals surface area contributed by atoms with Crippen LogP contribution >= 0.6 is 23.2 Å². The van der Waals surface area contributed by atoms with Gasteiger partial charge in [-0.25, -0.2) is 19.7 Å². The molecule has 3 aromatic rings. The molecule has 0 atom stereocenters. The van der Waals surface area contributed by atoms with Gasteiger partial charge in [0.2, 0.25) is 11.8 Å². The van der Waals surface area contributed by atoms with Crippen LogP contribution < -0.4 is 20.3 Å². The zero-order valence-corrected chi connectivity index (χ0v) is 25.8. The molecule has 2 amide bonds. The third-order valence-electron chi connectivity index (χ3n) is 7.82. The Kier molecular flexibility index (Phi) is 10.9. The molecule has 0 aliphatic carbocycles. The molecule has 5 rings (SSSR count). The van der Waals surface area contributed by atoms with Crippen molar-refractivity contribution in [1.82, 2.24) is 35.4 Å². The lowest BCUT2D eigenvalue weighted by Gasteiger charge is -2.34. The van der Waals surface area contributed by atoms with Gasteiger partial charge in [0.15, 0.2) is 5.75 Å². The van der Waals surface area contributed by atoms with Gasteiger partial charge in [0, 0.05) is 74.5 Å². The number of nitrogens with zero attached hydrogens (tertiary/aromatic N) is 6. The Morgan fingerprint density at radius 3 is 2.33 bits per heavy atom. The van der Waals surface area contributed by atoms with Crippen molar-refractivity contribution in [3.63, 3.8) is 0 Å². The highest BCUT2D eigenvalue weighted by Gasteiger charge is 2.21. The quantitative estimate of drug-likeness (QED) is 0.307. The van der Waals surface area contributed by atoms with E-state index in [1.54, 1.807) is 25.5 Å². The van der Waals surface area contributed by atoms with E-state index in [4.69, 9.17) is 32.9 Å². The number of carbonyl (C=O) groups excluding carboxylic acids is 1. The predicted molar refractivity (Wildman–Crippen MR) is 168 cm³/mol. The van der Waals surface area contributed by atoms with E-state index in [0.29, 0.717) is 52.3 Å². The molecule has 4 heterocycles. The fourth-order valence-electron chi connectivity index (χ4n) is 5.44. The van der Waals surface area contributed by atoms with Crippen LogP contribution in [0.15, 0.2) is 42.7 Å². The number of benzene rings is 1. The van der Waals surface area contributed by atoms with Crippen LogP contribution in [0.5, 0.6) is 11.6 Å². The summed E-state index contributed by atoms with van der Waals surface area (Å²) in [5, 5.41) is 15.8. The van der Waals surface area contributed by atoms with Gasteiger partial charge in [-0.1, -0.05) is 23.2 Å². The van der Waals surface area contributed by atoms with Gasteiger partial charge in [-0.15, -0.1) is 0 Å². The summed E-state index contributed by atoms with van der Waals surface area (Å²) in [6.07, 6.45) is 5.36. The predicted octanol–water partition coefficient (Wildman–Crippen LogP) is 3.89. The highest BCUT2D eigenvalue weighted by Crippen LogP contribution is 2.31. The number of nitrogens with one attached hydrogen (secondary N) is 2. The van der Waals surface area contributed by atoms with Crippen LogP contribution in [0.2, 0.25) is 10.0 Å². The van der Waals surface area contributed by atoms with Crippen LogP contribution in [-0.4, -0.2) is 102 Å². The lowest BCUT2D eigenvalue weighted by molar-refractivity contribution is 0.175. The molecule has 230 valence electrons. The summed E-state index contributed by atoms with van der Waals surface area (Å²) >= 11 is 12.6. The number of ether oxygens (including phenoxy) is 1. The number of hydrogen-bond acceptors (Lipinski definition) is 9. The van der Waals surface area contributed by atoms with Gasteiger partial charge in [0.05, 0.1) is 24.7 Å². The number of aliphatic hydroxyl groups is 1. The maximum atomic E-state index is 11.5. The minimum atomic E-state index is -0.141. The monoisotopic (exact) mass is 628 g/mol. The summed E-state index contributed by atoms with van der Waals surface area (Å²) in [7, 11) is 1.63. The van der Waals surface area contributed by atoms with E-state index in [9.17, 15) is 9.90 Å². The molecule has 0 unspecified atom stereocenters. The molecule has 3 N–H and O–H groups in total. The van der Waals surface area contributed by atoms with Gasteiger partial charge in [0.25, 0.3) is 0 Å². The molecule has 2 fully saturated rings. The molecule has 0 bridgehead atoms. The molecule has 1 aromatic carbocycles. The second kappa shape index (κ2) is 15.0. The van der Waals surface area contributed by atoms with Crippen LogP contribution in [0.3, 0.4) is 0 Å². The summed E-state index contributed by atoms with van der Waals surface area (Å²) in [4.78, 5) is 32.2. The summed E-state index contributed by atoms with van der Waals surface area (Å²) in [5.74, 6) is 2.04. The number of piperidine rings is 1. The first-order chi connectivity index (χ1) is 20.9. The Morgan fingerprint density at radius 1 is 0.977 bits per heavy atom.